The molecule has 0 aromatic carbocycles. The van der Waals surface area contributed by atoms with Crippen molar-refractivity contribution >= 4 is 19.4 Å². The third-order valence-corrected chi connectivity index (χ3v) is 5.10. The number of carbonyl (C=O) groups is 1. The van der Waals surface area contributed by atoms with Crippen molar-refractivity contribution in [1.82, 2.24) is 0 Å². The second-order valence-electron chi connectivity index (χ2n) is 5.96. The number of esters is 1. The molecule has 6 heteroatoms. The van der Waals surface area contributed by atoms with E-state index in [1.54, 1.807) is 6.92 Å². The number of ether oxygens (including phenoxy) is 2. The van der Waals surface area contributed by atoms with E-state index in [0.717, 1.165) is 12.8 Å². The van der Waals surface area contributed by atoms with Crippen LogP contribution in [0.4, 0.5) is 0 Å². The average molecular weight is 318 g/mol. The van der Waals surface area contributed by atoms with Gasteiger partial charge in [-0.15, -0.1) is 0 Å². The lowest BCUT2D eigenvalue weighted by molar-refractivity contribution is -0.180. The molecule has 4 unspecified atom stereocenters. The van der Waals surface area contributed by atoms with Crippen LogP contribution in [0.1, 0.15) is 47.0 Å². The van der Waals surface area contributed by atoms with Crippen LogP contribution in [-0.4, -0.2) is 31.3 Å². The number of carbonyl (C=O) groups excluding carboxylic acids is 1. The van der Waals surface area contributed by atoms with Gasteiger partial charge in [-0.3, -0.25) is 0 Å². The van der Waals surface area contributed by atoms with Gasteiger partial charge in [-0.25, -0.2) is 4.79 Å². The lowest BCUT2D eigenvalue weighted by atomic mass is 9.75. The molecule has 1 fully saturated rings. The Bertz CT molecular complexity index is 380. The van der Waals surface area contributed by atoms with E-state index in [4.69, 9.17) is 9.26 Å². The first-order chi connectivity index (χ1) is 9.90. The Kier molecular flexibility index (Phi) is 7.82. The minimum atomic E-state index is -2.32. The summed E-state index contributed by atoms with van der Waals surface area (Å²) < 4.78 is 15.5. The molecule has 0 spiro atoms. The fourth-order valence-corrected chi connectivity index (χ4v) is 3.88. The minimum Gasteiger partial charge on any atom is -0.601 e. The summed E-state index contributed by atoms with van der Waals surface area (Å²) >= 11 is 0. The van der Waals surface area contributed by atoms with E-state index in [-0.39, 0.29) is 18.2 Å². The summed E-state index contributed by atoms with van der Waals surface area (Å²) in [7, 11) is -1.08. The van der Waals surface area contributed by atoms with Crippen LogP contribution in [0.3, 0.4) is 0 Å². The molecular formula is C15H27O5P. The molecule has 0 aromatic rings. The maximum atomic E-state index is 12.3. The maximum Gasteiger partial charge on any atom is 0.409 e. The average Bonchev–Trinajstić information content (AvgIpc) is 2.43. The van der Waals surface area contributed by atoms with Crippen LogP contribution < -0.4 is 4.89 Å². The fraction of sp³-hybridized carbons (Fsp3) is 0.867. The van der Waals surface area contributed by atoms with E-state index in [9.17, 15) is 9.69 Å². The SMILES string of the molecule is CCOC(C(=O)OC)=[P+]([O-])OC1CC(C)CCC1C(C)C. The lowest BCUT2D eigenvalue weighted by Gasteiger charge is -2.34. The fourth-order valence-electron chi connectivity index (χ4n) is 2.82. The number of hydrogen-bond acceptors (Lipinski definition) is 5. The van der Waals surface area contributed by atoms with Gasteiger partial charge < -0.3 is 14.4 Å². The van der Waals surface area contributed by atoms with E-state index in [2.05, 4.69) is 25.5 Å². The first kappa shape index (κ1) is 18.6. The molecule has 0 bridgehead atoms. The largest absolute Gasteiger partial charge is 0.601 e. The van der Waals surface area contributed by atoms with E-state index in [1.165, 1.54) is 13.5 Å². The van der Waals surface area contributed by atoms with Crippen LogP contribution in [0, 0.1) is 17.8 Å². The molecule has 0 saturated heterocycles. The first-order valence-electron chi connectivity index (χ1n) is 7.62. The molecule has 4 atom stereocenters. The Morgan fingerprint density at radius 2 is 2.05 bits per heavy atom. The molecule has 1 rings (SSSR count). The van der Waals surface area contributed by atoms with Crippen molar-refractivity contribution in [3.63, 3.8) is 0 Å². The van der Waals surface area contributed by atoms with Gasteiger partial charge in [0.2, 0.25) is 0 Å². The van der Waals surface area contributed by atoms with E-state index in [0.29, 0.717) is 17.8 Å². The van der Waals surface area contributed by atoms with Gasteiger partial charge in [0, 0.05) is 0 Å². The molecule has 0 N–H and O–H groups in total. The molecule has 0 aliphatic heterocycles. The number of hydrogen-bond donors (Lipinski definition) is 0. The number of rotatable bonds is 6. The molecule has 122 valence electrons. The summed E-state index contributed by atoms with van der Waals surface area (Å²) in [6, 6.07) is 0. The van der Waals surface area contributed by atoms with Gasteiger partial charge in [0.1, 0.15) is 6.10 Å². The Morgan fingerprint density at radius 1 is 1.38 bits per heavy atom. The standard InChI is InChI=1S/C15H27O5P/c1-6-19-15(14(16)18-5)21(17)20-13-9-11(4)7-8-12(13)10(2)3/h10-13H,6-9H2,1-5H3. The summed E-state index contributed by atoms with van der Waals surface area (Å²) in [6.07, 6.45) is 3.00. The van der Waals surface area contributed by atoms with Gasteiger partial charge in [-0.1, -0.05) is 27.2 Å². The zero-order valence-corrected chi connectivity index (χ0v) is 14.5. The predicted octanol–water partition coefficient (Wildman–Crippen LogP) is 2.48. The molecule has 5 nitrogen and oxygen atoms in total. The molecule has 1 saturated carbocycles. The molecule has 0 heterocycles. The Balaban J connectivity index is 2.89. The van der Waals surface area contributed by atoms with Gasteiger partial charge in [-0.2, -0.15) is 4.52 Å². The van der Waals surface area contributed by atoms with Crippen molar-refractivity contribution in [1.29, 1.82) is 0 Å². The van der Waals surface area contributed by atoms with Crippen LogP contribution in [0.25, 0.3) is 0 Å². The number of methoxy groups -OCH3 is 1. The highest BCUT2D eigenvalue weighted by Crippen LogP contribution is 2.39. The monoisotopic (exact) mass is 318 g/mol. The van der Waals surface area contributed by atoms with Crippen LogP contribution in [0.2, 0.25) is 0 Å². The summed E-state index contributed by atoms with van der Waals surface area (Å²) in [4.78, 5) is 24.0. The minimum absolute atomic E-state index is 0.0996. The second-order valence-corrected chi connectivity index (χ2v) is 7.09. The Morgan fingerprint density at radius 3 is 2.57 bits per heavy atom. The van der Waals surface area contributed by atoms with Crippen LogP contribution in [-0.2, 0) is 18.8 Å². The van der Waals surface area contributed by atoms with E-state index in [1.807, 2.05) is 0 Å². The molecule has 0 amide bonds. The molecule has 21 heavy (non-hydrogen) atoms. The van der Waals surface area contributed by atoms with Crippen molar-refractivity contribution in [2.75, 3.05) is 13.7 Å². The van der Waals surface area contributed by atoms with Crippen LogP contribution in [0.15, 0.2) is 0 Å². The highest BCUT2D eigenvalue weighted by atomic mass is 31.1. The lowest BCUT2D eigenvalue weighted by Crippen LogP contribution is -2.34. The molecule has 1 aliphatic carbocycles. The Labute approximate surface area is 128 Å². The smallest absolute Gasteiger partial charge is 0.409 e. The van der Waals surface area contributed by atoms with Gasteiger partial charge in [0.25, 0.3) is 8.00 Å². The summed E-state index contributed by atoms with van der Waals surface area (Å²) in [5.74, 6) is 0.644. The highest BCUT2D eigenvalue weighted by molar-refractivity contribution is 7.48. The third-order valence-electron chi connectivity index (χ3n) is 4.00. The van der Waals surface area contributed by atoms with Crippen molar-refractivity contribution in [2.45, 2.75) is 53.1 Å². The van der Waals surface area contributed by atoms with Crippen molar-refractivity contribution in [3.05, 3.63) is 0 Å². The normalized spacial score (nSPS) is 27.5. The predicted molar refractivity (Wildman–Crippen MR) is 81.8 cm³/mol. The quantitative estimate of drug-likeness (QED) is 0.556. The topological polar surface area (TPSA) is 67.8 Å². The van der Waals surface area contributed by atoms with Crippen LogP contribution >= 0.6 is 8.00 Å². The van der Waals surface area contributed by atoms with E-state index >= 15 is 0 Å². The maximum absolute atomic E-state index is 12.3. The molecule has 0 radical (unpaired) electrons. The third kappa shape index (κ3) is 5.33. The second kappa shape index (κ2) is 8.84. The van der Waals surface area contributed by atoms with Gasteiger partial charge >= 0.3 is 11.4 Å². The van der Waals surface area contributed by atoms with Crippen molar-refractivity contribution < 1.29 is 23.7 Å². The molecule has 0 aromatic heterocycles. The zero-order chi connectivity index (χ0) is 16.0. The molecular weight excluding hydrogens is 291 g/mol. The summed E-state index contributed by atoms with van der Waals surface area (Å²) in [5.41, 5.74) is -0.212. The molecule has 1 aliphatic rings. The summed E-state index contributed by atoms with van der Waals surface area (Å²) in [6.45, 7) is 8.46. The van der Waals surface area contributed by atoms with Crippen molar-refractivity contribution in [2.24, 2.45) is 17.8 Å². The van der Waals surface area contributed by atoms with Gasteiger partial charge in [0.05, 0.1) is 13.7 Å². The zero-order valence-electron chi connectivity index (χ0n) is 13.6. The first-order valence-corrected chi connectivity index (χ1v) is 8.80. The van der Waals surface area contributed by atoms with Gasteiger partial charge in [0.15, 0.2) is 0 Å². The Hall–Kier alpha value is -0.480. The van der Waals surface area contributed by atoms with E-state index < -0.39 is 14.0 Å². The van der Waals surface area contributed by atoms with Crippen LogP contribution in [0.5, 0.6) is 0 Å². The summed E-state index contributed by atoms with van der Waals surface area (Å²) in [5, 5.41) is 0. The van der Waals surface area contributed by atoms with Crippen molar-refractivity contribution in [3.8, 4) is 0 Å². The highest BCUT2D eigenvalue weighted by Gasteiger charge is 2.36. The van der Waals surface area contributed by atoms with Gasteiger partial charge in [-0.05, 0) is 37.5 Å².